The van der Waals surface area contributed by atoms with Crippen LogP contribution in [-0.4, -0.2) is 13.7 Å². The summed E-state index contributed by atoms with van der Waals surface area (Å²) in [6, 6.07) is 5.63. The molecule has 0 aliphatic carbocycles. The fourth-order valence-corrected chi connectivity index (χ4v) is 0.970. The predicted octanol–water partition coefficient (Wildman–Crippen LogP) is 1.71. The van der Waals surface area contributed by atoms with E-state index in [1.54, 1.807) is 0 Å². The van der Waals surface area contributed by atoms with Crippen LogP contribution in [0.5, 0.6) is 5.75 Å². The van der Waals surface area contributed by atoms with E-state index in [2.05, 4.69) is 5.32 Å². The molecule has 0 atom stereocenters. The fraction of sp³-hybridized carbons (Fsp3) is 0.333. The lowest BCUT2D eigenvalue weighted by Gasteiger charge is -2.08. The molecule has 1 rings (SSSR count). The lowest BCUT2D eigenvalue weighted by Crippen LogP contribution is -1.98. The first kappa shape index (κ1) is 8.71. The molecule has 3 N–H and O–H groups in total. The highest BCUT2D eigenvalue weighted by molar-refractivity contribution is 5.61. The normalized spacial score (nSPS) is 9.50. The molecular formula is C9H14N2O. The molecular weight excluding hydrogens is 152 g/mol. The van der Waals surface area contributed by atoms with Crippen molar-refractivity contribution in [1.29, 1.82) is 0 Å². The number of nitrogens with two attached hydrogens (primary N) is 1. The summed E-state index contributed by atoms with van der Waals surface area (Å²) in [6.07, 6.45) is 0. The highest BCUT2D eigenvalue weighted by Gasteiger charge is 1.99. The standard InChI is InChI=1S/C9H14N2O/c1-3-12-9-6-7(11-2)4-5-8(9)10/h4-6,11H,3,10H2,1-2H3. The van der Waals surface area contributed by atoms with Gasteiger partial charge in [0.2, 0.25) is 0 Å². The highest BCUT2D eigenvalue weighted by atomic mass is 16.5. The molecule has 0 spiro atoms. The zero-order valence-corrected chi connectivity index (χ0v) is 7.42. The molecule has 12 heavy (non-hydrogen) atoms. The number of benzene rings is 1. The molecule has 0 radical (unpaired) electrons. The van der Waals surface area contributed by atoms with E-state index < -0.39 is 0 Å². The third kappa shape index (κ3) is 1.81. The number of anilines is 2. The van der Waals surface area contributed by atoms with Gasteiger partial charge >= 0.3 is 0 Å². The second-order valence-corrected chi connectivity index (χ2v) is 2.44. The Morgan fingerprint density at radius 1 is 1.50 bits per heavy atom. The maximum atomic E-state index is 5.68. The monoisotopic (exact) mass is 166 g/mol. The van der Waals surface area contributed by atoms with E-state index in [-0.39, 0.29) is 0 Å². The minimum absolute atomic E-state index is 0.636. The van der Waals surface area contributed by atoms with Crippen molar-refractivity contribution >= 4 is 11.4 Å². The zero-order valence-electron chi connectivity index (χ0n) is 7.42. The molecule has 0 saturated heterocycles. The molecule has 1 aromatic rings. The van der Waals surface area contributed by atoms with Crippen molar-refractivity contribution in [2.75, 3.05) is 24.7 Å². The average molecular weight is 166 g/mol. The molecule has 0 aromatic heterocycles. The van der Waals surface area contributed by atoms with Gasteiger partial charge in [0, 0.05) is 18.8 Å². The molecule has 3 heteroatoms. The number of nitrogen functional groups attached to an aromatic ring is 1. The van der Waals surface area contributed by atoms with Gasteiger partial charge in [-0.3, -0.25) is 0 Å². The summed E-state index contributed by atoms with van der Waals surface area (Å²) in [7, 11) is 1.86. The Morgan fingerprint density at radius 2 is 2.25 bits per heavy atom. The summed E-state index contributed by atoms with van der Waals surface area (Å²) >= 11 is 0. The summed E-state index contributed by atoms with van der Waals surface area (Å²) in [5, 5.41) is 3.02. The van der Waals surface area contributed by atoms with Crippen LogP contribution in [0.3, 0.4) is 0 Å². The van der Waals surface area contributed by atoms with Gasteiger partial charge < -0.3 is 15.8 Å². The Labute approximate surface area is 72.5 Å². The molecule has 0 bridgehead atoms. The molecule has 0 heterocycles. The van der Waals surface area contributed by atoms with Crippen molar-refractivity contribution in [3.63, 3.8) is 0 Å². The highest BCUT2D eigenvalue weighted by Crippen LogP contribution is 2.24. The van der Waals surface area contributed by atoms with Crippen molar-refractivity contribution in [3.05, 3.63) is 18.2 Å². The first-order valence-electron chi connectivity index (χ1n) is 3.98. The van der Waals surface area contributed by atoms with E-state index in [1.165, 1.54) is 0 Å². The minimum atomic E-state index is 0.636. The second-order valence-electron chi connectivity index (χ2n) is 2.44. The van der Waals surface area contributed by atoms with Gasteiger partial charge in [0.15, 0.2) is 0 Å². The maximum Gasteiger partial charge on any atom is 0.144 e. The quantitative estimate of drug-likeness (QED) is 0.672. The first-order chi connectivity index (χ1) is 5.77. The van der Waals surface area contributed by atoms with Gasteiger partial charge in [0.25, 0.3) is 0 Å². The molecule has 0 aliphatic rings. The van der Waals surface area contributed by atoms with E-state index in [4.69, 9.17) is 10.5 Å². The molecule has 3 nitrogen and oxygen atoms in total. The van der Waals surface area contributed by atoms with E-state index in [1.807, 2.05) is 32.2 Å². The number of ether oxygens (including phenoxy) is 1. The van der Waals surface area contributed by atoms with Gasteiger partial charge in [-0.15, -0.1) is 0 Å². The molecule has 0 fully saturated rings. The van der Waals surface area contributed by atoms with E-state index in [0.29, 0.717) is 12.3 Å². The second kappa shape index (κ2) is 3.85. The van der Waals surface area contributed by atoms with Crippen LogP contribution in [0.15, 0.2) is 18.2 Å². The third-order valence-corrected chi connectivity index (χ3v) is 1.60. The fourth-order valence-electron chi connectivity index (χ4n) is 0.970. The number of nitrogens with one attached hydrogen (secondary N) is 1. The van der Waals surface area contributed by atoms with Crippen molar-refractivity contribution in [2.45, 2.75) is 6.92 Å². The van der Waals surface area contributed by atoms with Crippen LogP contribution in [0.1, 0.15) is 6.92 Å². The summed E-state index contributed by atoms with van der Waals surface area (Å²) < 4.78 is 5.31. The molecule has 0 unspecified atom stereocenters. The van der Waals surface area contributed by atoms with Crippen LogP contribution in [-0.2, 0) is 0 Å². The van der Waals surface area contributed by atoms with E-state index >= 15 is 0 Å². The van der Waals surface area contributed by atoms with Crippen LogP contribution < -0.4 is 15.8 Å². The van der Waals surface area contributed by atoms with Gasteiger partial charge in [-0.1, -0.05) is 0 Å². The SMILES string of the molecule is CCOc1cc(NC)ccc1N. The Bertz CT molecular complexity index is 261. The van der Waals surface area contributed by atoms with Gasteiger partial charge in [0.1, 0.15) is 5.75 Å². The lowest BCUT2D eigenvalue weighted by atomic mass is 10.2. The Balaban J connectivity index is 2.91. The minimum Gasteiger partial charge on any atom is -0.492 e. The Hall–Kier alpha value is -1.38. The summed E-state index contributed by atoms with van der Waals surface area (Å²) in [5.74, 6) is 0.740. The van der Waals surface area contributed by atoms with Gasteiger partial charge in [-0.05, 0) is 19.1 Å². The largest absolute Gasteiger partial charge is 0.492 e. The van der Waals surface area contributed by atoms with Crippen LogP contribution in [0.4, 0.5) is 11.4 Å². The molecule has 1 aromatic carbocycles. The van der Waals surface area contributed by atoms with Gasteiger partial charge in [-0.25, -0.2) is 0 Å². The lowest BCUT2D eigenvalue weighted by molar-refractivity contribution is 0.342. The topological polar surface area (TPSA) is 47.3 Å². The molecule has 0 saturated carbocycles. The van der Waals surface area contributed by atoms with Gasteiger partial charge in [0.05, 0.1) is 12.3 Å². The third-order valence-electron chi connectivity index (χ3n) is 1.60. The average Bonchev–Trinajstić information content (AvgIpc) is 2.09. The van der Waals surface area contributed by atoms with E-state index in [0.717, 1.165) is 11.4 Å². The van der Waals surface area contributed by atoms with Crippen LogP contribution in [0.25, 0.3) is 0 Å². The summed E-state index contributed by atoms with van der Waals surface area (Å²) in [4.78, 5) is 0. The molecule has 0 amide bonds. The number of rotatable bonds is 3. The van der Waals surface area contributed by atoms with E-state index in [9.17, 15) is 0 Å². The van der Waals surface area contributed by atoms with Crippen LogP contribution >= 0.6 is 0 Å². The Morgan fingerprint density at radius 3 is 2.83 bits per heavy atom. The van der Waals surface area contributed by atoms with Gasteiger partial charge in [-0.2, -0.15) is 0 Å². The van der Waals surface area contributed by atoms with Crippen molar-refractivity contribution < 1.29 is 4.74 Å². The van der Waals surface area contributed by atoms with Crippen LogP contribution in [0, 0.1) is 0 Å². The van der Waals surface area contributed by atoms with Crippen molar-refractivity contribution in [3.8, 4) is 5.75 Å². The predicted molar refractivity (Wildman–Crippen MR) is 51.6 cm³/mol. The van der Waals surface area contributed by atoms with Crippen molar-refractivity contribution in [1.82, 2.24) is 0 Å². The van der Waals surface area contributed by atoms with Crippen LogP contribution in [0.2, 0.25) is 0 Å². The maximum absolute atomic E-state index is 5.68. The van der Waals surface area contributed by atoms with Crippen molar-refractivity contribution in [2.24, 2.45) is 0 Å². The number of hydrogen-bond donors (Lipinski definition) is 2. The number of hydrogen-bond acceptors (Lipinski definition) is 3. The Kier molecular flexibility index (Phi) is 2.80. The summed E-state index contributed by atoms with van der Waals surface area (Å²) in [6.45, 7) is 2.57. The first-order valence-corrected chi connectivity index (χ1v) is 3.98. The molecule has 0 aliphatic heterocycles. The zero-order chi connectivity index (χ0) is 8.97. The summed E-state index contributed by atoms with van der Waals surface area (Å²) in [5.41, 5.74) is 7.36. The molecule has 66 valence electrons. The smallest absolute Gasteiger partial charge is 0.144 e.